The van der Waals surface area contributed by atoms with Crippen molar-refractivity contribution in [3.05, 3.63) is 12.2 Å². The maximum absolute atomic E-state index is 12.1. The molecule has 0 aromatic heterocycles. The Balaban J connectivity index is 1.80. The Morgan fingerprint density at radius 3 is 2.63 bits per heavy atom. The van der Waals surface area contributed by atoms with Crippen LogP contribution in [0.2, 0.25) is 0 Å². The van der Waals surface area contributed by atoms with E-state index in [9.17, 15) is 14.7 Å². The summed E-state index contributed by atoms with van der Waals surface area (Å²) in [6, 6.07) is -0.581. The molecular formula is C20H34N2O5. The molecule has 0 aliphatic carbocycles. The number of fused-ring (bicyclic) bond motifs is 2. The number of hydrogen-bond acceptors (Lipinski definition) is 5. The van der Waals surface area contributed by atoms with E-state index in [4.69, 9.17) is 9.84 Å². The number of carboxylic acids is 1. The number of amides is 1. The number of carboxylic acid groups (broad SMARTS) is 1. The topological polar surface area (TPSA) is 108 Å². The predicted octanol–water partition coefficient (Wildman–Crippen LogP) is 1.46. The summed E-state index contributed by atoms with van der Waals surface area (Å²) in [6.45, 7) is 3.05. The van der Waals surface area contributed by atoms with Gasteiger partial charge in [0.1, 0.15) is 6.04 Å². The second kappa shape index (κ2) is 11.4. The number of rotatable bonds is 13. The first-order chi connectivity index (χ1) is 13.1. The molecule has 2 aliphatic heterocycles. The van der Waals surface area contributed by atoms with Gasteiger partial charge in [-0.2, -0.15) is 0 Å². The lowest BCUT2D eigenvalue weighted by Gasteiger charge is -2.29. The van der Waals surface area contributed by atoms with Crippen molar-refractivity contribution in [2.45, 2.75) is 70.1 Å². The summed E-state index contributed by atoms with van der Waals surface area (Å²) in [4.78, 5) is 22.6. The minimum atomic E-state index is -0.752. The molecule has 2 aliphatic rings. The third kappa shape index (κ3) is 6.59. The molecule has 1 unspecified atom stereocenters. The number of ether oxygens (including phenoxy) is 1. The van der Waals surface area contributed by atoms with E-state index in [1.54, 1.807) is 0 Å². The van der Waals surface area contributed by atoms with Gasteiger partial charge in [-0.15, -0.1) is 0 Å². The van der Waals surface area contributed by atoms with Crippen LogP contribution < -0.4 is 10.6 Å². The van der Waals surface area contributed by atoms with Crippen LogP contribution in [0, 0.1) is 11.8 Å². The standard InChI is InChI=1S/C20H34N2O5/c1-2-11-21-20(26)16(13-23)22-12-15-14(17-9-10-18(15)27-17)7-5-3-4-6-8-19(24)25/h3,5,14-18,22-23H,2,4,6-13H2,1H3,(H,21,26)(H,24,25)/b5-3-/t14-,15-,16?,17-,18+/m1/s1. The van der Waals surface area contributed by atoms with Crippen LogP contribution in [0.5, 0.6) is 0 Å². The van der Waals surface area contributed by atoms with E-state index < -0.39 is 12.0 Å². The zero-order valence-electron chi connectivity index (χ0n) is 16.2. The van der Waals surface area contributed by atoms with E-state index in [1.165, 1.54) is 0 Å². The first-order valence-corrected chi connectivity index (χ1v) is 10.2. The van der Waals surface area contributed by atoms with Crippen LogP contribution in [0.25, 0.3) is 0 Å². The minimum Gasteiger partial charge on any atom is -0.481 e. The molecule has 2 fully saturated rings. The molecule has 154 valence electrons. The third-order valence-electron chi connectivity index (χ3n) is 5.57. The lowest BCUT2D eigenvalue weighted by molar-refractivity contribution is -0.137. The number of carbonyl (C=O) groups is 2. The van der Waals surface area contributed by atoms with Crippen molar-refractivity contribution in [3.8, 4) is 0 Å². The zero-order chi connectivity index (χ0) is 19.6. The molecule has 7 heteroatoms. The molecule has 0 spiro atoms. The number of hydrogen-bond donors (Lipinski definition) is 4. The lowest BCUT2D eigenvalue weighted by Crippen LogP contribution is -2.49. The molecule has 7 nitrogen and oxygen atoms in total. The molecule has 0 radical (unpaired) electrons. The number of aliphatic hydroxyl groups is 1. The van der Waals surface area contributed by atoms with Gasteiger partial charge in [0.15, 0.2) is 0 Å². The largest absolute Gasteiger partial charge is 0.481 e. The van der Waals surface area contributed by atoms with Crippen molar-refractivity contribution in [1.82, 2.24) is 10.6 Å². The predicted molar refractivity (Wildman–Crippen MR) is 102 cm³/mol. The number of allylic oxidation sites excluding steroid dienone is 2. The van der Waals surface area contributed by atoms with Crippen molar-refractivity contribution in [2.24, 2.45) is 11.8 Å². The molecule has 1 amide bonds. The van der Waals surface area contributed by atoms with Crippen molar-refractivity contribution in [3.63, 3.8) is 0 Å². The molecule has 5 atom stereocenters. The van der Waals surface area contributed by atoms with E-state index in [0.717, 1.165) is 32.1 Å². The van der Waals surface area contributed by atoms with Crippen molar-refractivity contribution >= 4 is 11.9 Å². The van der Waals surface area contributed by atoms with Gasteiger partial charge in [-0.3, -0.25) is 9.59 Å². The monoisotopic (exact) mass is 382 g/mol. The second-order valence-electron chi connectivity index (χ2n) is 7.55. The van der Waals surface area contributed by atoms with Gasteiger partial charge in [-0.05, 0) is 44.4 Å². The molecule has 2 bridgehead atoms. The van der Waals surface area contributed by atoms with Gasteiger partial charge < -0.3 is 25.6 Å². The Bertz CT molecular complexity index is 511. The molecule has 27 heavy (non-hydrogen) atoms. The third-order valence-corrected chi connectivity index (χ3v) is 5.57. The van der Waals surface area contributed by atoms with Gasteiger partial charge >= 0.3 is 5.97 Å². The normalized spacial score (nSPS) is 27.9. The molecule has 0 aromatic carbocycles. The Morgan fingerprint density at radius 2 is 1.96 bits per heavy atom. The van der Waals surface area contributed by atoms with Gasteiger partial charge in [0.2, 0.25) is 5.91 Å². The Labute approximate surface area is 161 Å². The zero-order valence-corrected chi connectivity index (χ0v) is 16.2. The molecule has 0 aromatic rings. The maximum Gasteiger partial charge on any atom is 0.303 e. The molecule has 0 saturated carbocycles. The molecule has 2 rings (SSSR count). The van der Waals surface area contributed by atoms with E-state index in [1.807, 2.05) is 6.92 Å². The Kier molecular flexibility index (Phi) is 9.24. The average Bonchev–Trinajstić information content (AvgIpc) is 3.25. The highest BCUT2D eigenvalue weighted by Gasteiger charge is 2.48. The summed E-state index contributed by atoms with van der Waals surface area (Å²) in [5.41, 5.74) is 0. The van der Waals surface area contributed by atoms with Gasteiger partial charge in [0, 0.05) is 25.4 Å². The lowest BCUT2D eigenvalue weighted by atomic mass is 9.77. The summed E-state index contributed by atoms with van der Waals surface area (Å²) in [5.74, 6) is -0.166. The van der Waals surface area contributed by atoms with E-state index >= 15 is 0 Å². The van der Waals surface area contributed by atoms with Crippen molar-refractivity contribution in [1.29, 1.82) is 0 Å². The van der Waals surface area contributed by atoms with Gasteiger partial charge in [0.25, 0.3) is 0 Å². The SMILES string of the molecule is CCCNC(=O)C(CO)NC[C@@H]1[C@@H](C/C=C\CCCC(=O)O)[C@H]2CC[C@@H]1O2. The van der Waals surface area contributed by atoms with E-state index in [-0.39, 0.29) is 31.1 Å². The smallest absolute Gasteiger partial charge is 0.303 e. The van der Waals surface area contributed by atoms with Crippen LogP contribution in [0.3, 0.4) is 0 Å². The van der Waals surface area contributed by atoms with Gasteiger partial charge in [-0.1, -0.05) is 19.1 Å². The molecule has 2 heterocycles. The van der Waals surface area contributed by atoms with E-state index in [0.29, 0.717) is 31.3 Å². The van der Waals surface area contributed by atoms with Crippen LogP contribution in [0.4, 0.5) is 0 Å². The summed E-state index contributed by atoms with van der Waals surface area (Å²) in [5, 5.41) is 24.2. The molecule has 4 N–H and O–H groups in total. The number of aliphatic hydroxyl groups excluding tert-OH is 1. The highest BCUT2D eigenvalue weighted by atomic mass is 16.5. The molecular weight excluding hydrogens is 348 g/mol. The highest BCUT2D eigenvalue weighted by Crippen LogP contribution is 2.44. The maximum atomic E-state index is 12.1. The summed E-state index contributed by atoms with van der Waals surface area (Å²) in [7, 11) is 0. The number of nitrogens with one attached hydrogen (secondary N) is 2. The van der Waals surface area contributed by atoms with Crippen LogP contribution in [-0.2, 0) is 14.3 Å². The first-order valence-electron chi connectivity index (χ1n) is 10.2. The number of unbranched alkanes of at least 4 members (excludes halogenated alkanes) is 1. The van der Waals surface area contributed by atoms with Gasteiger partial charge in [0.05, 0.1) is 18.8 Å². The minimum absolute atomic E-state index is 0.154. The fraction of sp³-hybridized carbons (Fsp3) is 0.800. The van der Waals surface area contributed by atoms with Crippen molar-refractivity contribution in [2.75, 3.05) is 19.7 Å². The Hall–Kier alpha value is -1.44. The average molecular weight is 383 g/mol. The van der Waals surface area contributed by atoms with Crippen molar-refractivity contribution < 1.29 is 24.5 Å². The second-order valence-corrected chi connectivity index (χ2v) is 7.55. The summed E-state index contributed by atoms with van der Waals surface area (Å²) < 4.78 is 6.08. The number of aliphatic carboxylic acids is 1. The van der Waals surface area contributed by atoms with Crippen LogP contribution in [0.15, 0.2) is 12.2 Å². The molecule has 2 saturated heterocycles. The summed E-state index contributed by atoms with van der Waals surface area (Å²) in [6.07, 6.45) is 10.3. The number of carbonyl (C=O) groups excluding carboxylic acids is 1. The van der Waals surface area contributed by atoms with Gasteiger partial charge in [-0.25, -0.2) is 0 Å². The van der Waals surface area contributed by atoms with E-state index in [2.05, 4.69) is 22.8 Å². The quantitative estimate of drug-likeness (QED) is 0.284. The Morgan fingerprint density at radius 1 is 1.22 bits per heavy atom. The van der Waals surface area contributed by atoms with Crippen LogP contribution in [-0.4, -0.2) is 60.0 Å². The highest BCUT2D eigenvalue weighted by molar-refractivity contribution is 5.81. The fourth-order valence-corrected chi connectivity index (χ4v) is 4.11. The van der Waals surface area contributed by atoms with Crippen LogP contribution in [0.1, 0.15) is 51.9 Å². The first kappa shape index (κ1) is 21.9. The van der Waals surface area contributed by atoms with Crippen LogP contribution >= 0.6 is 0 Å². The fourth-order valence-electron chi connectivity index (χ4n) is 4.11. The summed E-state index contributed by atoms with van der Waals surface area (Å²) >= 11 is 0.